The summed E-state index contributed by atoms with van der Waals surface area (Å²) in [6, 6.07) is 0. The van der Waals surface area contributed by atoms with Gasteiger partial charge < -0.3 is 9.47 Å². The first kappa shape index (κ1) is 27.9. The van der Waals surface area contributed by atoms with E-state index < -0.39 is 62.3 Å². The fourth-order valence-corrected chi connectivity index (χ4v) is 1.19. The van der Waals surface area contributed by atoms with Crippen LogP contribution in [-0.4, -0.2) is 55.9 Å². The predicted octanol–water partition coefficient (Wildman–Crippen LogP) is 3.64. The molecule has 0 spiro atoms. The normalized spacial score (nSPS) is 13.7. The lowest BCUT2D eigenvalue weighted by molar-refractivity contribution is -0.566. The molecule has 0 heterocycles. The van der Waals surface area contributed by atoms with Crippen molar-refractivity contribution in [2.24, 2.45) is 0 Å². The van der Waals surface area contributed by atoms with Gasteiger partial charge in [0.2, 0.25) is 0 Å². The third kappa shape index (κ3) is 9.57. The molecule has 0 N–H and O–H groups in total. The molecule has 0 aliphatic rings. The van der Waals surface area contributed by atoms with Crippen LogP contribution >= 0.6 is 0 Å². The summed E-state index contributed by atoms with van der Waals surface area (Å²) in [5.41, 5.74) is 0. The predicted molar refractivity (Wildman–Crippen MR) is 70.4 cm³/mol. The Balaban J connectivity index is 5.19. The van der Waals surface area contributed by atoms with Crippen LogP contribution in [0.3, 0.4) is 0 Å². The summed E-state index contributed by atoms with van der Waals surface area (Å²) in [5.74, 6) is -2.97. The van der Waals surface area contributed by atoms with Crippen LogP contribution in [0.2, 0.25) is 0 Å². The molecule has 0 aromatic rings. The molecule has 0 rings (SSSR count). The maximum Gasteiger partial charge on any atom is 0.495 e. The van der Waals surface area contributed by atoms with E-state index in [0.717, 1.165) is 6.92 Å². The Morgan fingerprint density at radius 1 is 0.767 bits per heavy atom. The summed E-state index contributed by atoms with van der Waals surface area (Å²) < 4.78 is 145. The summed E-state index contributed by atoms with van der Waals surface area (Å²) in [7, 11) is 0. The second-order valence-corrected chi connectivity index (χ2v) is 4.90. The topological polar surface area (TPSA) is 80.3 Å². The molecule has 0 fully saturated rings. The summed E-state index contributed by atoms with van der Waals surface area (Å²) in [6.45, 7) is -0.779. The first-order valence-electron chi connectivity index (χ1n) is 7.22. The van der Waals surface area contributed by atoms with Gasteiger partial charge >= 0.3 is 42.7 Å². The molecule has 30 heavy (non-hydrogen) atoms. The summed E-state index contributed by atoms with van der Waals surface area (Å²) in [5, 5.41) is 0. The zero-order chi connectivity index (χ0) is 24.0. The molecular weight excluding hydrogens is 458 g/mol. The van der Waals surface area contributed by atoms with Gasteiger partial charge in [-0.25, -0.2) is 19.0 Å². The van der Waals surface area contributed by atoms with Crippen LogP contribution in [0.15, 0.2) is 12.7 Å². The Hall–Kier alpha value is -2.14. The Morgan fingerprint density at radius 2 is 1.20 bits per heavy atom. The highest BCUT2D eigenvalue weighted by molar-refractivity contribution is 5.81. The van der Waals surface area contributed by atoms with Gasteiger partial charge in [0.1, 0.15) is 0 Å². The molecule has 0 saturated carbocycles. The Kier molecular flexibility index (Phi) is 9.08. The van der Waals surface area contributed by atoms with Gasteiger partial charge in [-0.15, -0.1) is 8.78 Å². The smallest absolute Gasteiger partial charge is 0.456 e. The molecule has 0 radical (unpaired) electrons. The molecule has 0 aromatic carbocycles. The fraction of sp³-hybridized carbons (Fsp3) is 0.692. The molecule has 7 nitrogen and oxygen atoms in total. The lowest BCUT2D eigenvalue weighted by atomic mass is 10.5. The molecule has 0 atom stereocenters. The molecule has 0 amide bonds. The third-order valence-corrected chi connectivity index (χ3v) is 2.37. The largest absolute Gasteiger partial charge is 0.495 e. The molecule has 0 unspecified atom stereocenters. The standard InChI is InChI=1S/C13H12F10O7/c1-3-7(24)26-5-9(14,15)28-11(18,19)12(20,21)30-13(22,23)29-10(16,17)6-27-8(25)4-2/h3H,1,4-6H2,2H3. The molecule has 0 aliphatic heterocycles. The highest BCUT2D eigenvalue weighted by atomic mass is 19.3. The minimum Gasteiger partial charge on any atom is -0.456 e. The summed E-state index contributed by atoms with van der Waals surface area (Å²) >= 11 is 0. The molecule has 0 saturated heterocycles. The zero-order valence-corrected chi connectivity index (χ0v) is 14.5. The van der Waals surface area contributed by atoms with E-state index in [1.807, 2.05) is 0 Å². The van der Waals surface area contributed by atoms with Gasteiger partial charge in [-0.2, -0.15) is 35.1 Å². The fourth-order valence-electron chi connectivity index (χ4n) is 1.19. The van der Waals surface area contributed by atoms with Gasteiger partial charge in [-0.05, 0) is 0 Å². The molecule has 17 heteroatoms. The first-order chi connectivity index (χ1) is 13.3. The lowest BCUT2D eigenvalue weighted by Crippen LogP contribution is -2.54. The number of hydrogen-bond acceptors (Lipinski definition) is 7. The van der Waals surface area contributed by atoms with E-state index in [4.69, 9.17) is 0 Å². The van der Waals surface area contributed by atoms with E-state index in [9.17, 15) is 53.5 Å². The number of esters is 2. The lowest BCUT2D eigenvalue weighted by Gasteiger charge is -2.31. The van der Waals surface area contributed by atoms with Crippen molar-refractivity contribution in [2.75, 3.05) is 13.2 Å². The van der Waals surface area contributed by atoms with E-state index in [0.29, 0.717) is 0 Å². The Morgan fingerprint density at radius 3 is 1.67 bits per heavy atom. The van der Waals surface area contributed by atoms with Crippen LogP contribution in [0.4, 0.5) is 43.9 Å². The molecule has 176 valence electrons. The van der Waals surface area contributed by atoms with Crippen LogP contribution in [-0.2, 0) is 33.3 Å². The van der Waals surface area contributed by atoms with Gasteiger partial charge in [0, 0.05) is 12.5 Å². The van der Waals surface area contributed by atoms with Crippen LogP contribution in [0.5, 0.6) is 0 Å². The first-order valence-corrected chi connectivity index (χ1v) is 7.22. The number of carbonyl (C=O) groups is 2. The van der Waals surface area contributed by atoms with Crippen molar-refractivity contribution >= 4 is 11.9 Å². The van der Waals surface area contributed by atoms with Crippen molar-refractivity contribution in [1.29, 1.82) is 0 Å². The number of ether oxygens (including phenoxy) is 5. The van der Waals surface area contributed by atoms with Gasteiger partial charge in [0.15, 0.2) is 13.2 Å². The van der Waals surface area contributed by atoms with Crippen molar-refractivity contribution in [2.45, 2.75) is 44.1 Å². The Bertz CT molecular complexity index is 623. The highest BCUT2D eigenvalue weighted by Crippen LogP contribution is 2.44. The summed E-state index contributed by atoms with van der Waals surface area (Å²) in [4.78, 5) is 21.2. The monoisotopic (exact) mass is 470 g/mol. The van der Waals surface area contributed by atoms with E-state index in [-0.39, 0.29) is 6.08 Å². The van der Waals surface area contributed by atoms with Gasteiger partial charge in [0.05, 0.1) is 0 Å². The number of rotatable bonds is 13. The van der Waals surface area contributed by atoms with Crippen LogP contribution in [0, 0.1) is 0 Å². The van der Waals surface area contributed by atoms with Crippen molar-refractivity contribution in [3.63, 3.8) is 0 Å². The van der Waals surface area contributed by atoms with Crippen LogP contribution < -0.4 is 0 Å². The van der Waals surface area contributed by atoms with Crippen molar-refractivity contribution in [3.05, 3.63) is 12.7 Å². The van der Waals surface area contributed by atoms with Crippen LogP contribution in [0.25, 0.3) is 0 Å². The number of halogens is 10. The number of carbonyl (C=O) groups excluding carboxylic acids is 2. The number of hydrogen-bond donors (Lipinski definition) is 0. The van der Waals surface area contributed by atoms with Crippen LogP contribution in [0.1, 0.15) is 13.3 Å². The second-order valence-electron chi connectivity index (χ2n) is 4.90. The van der Waals surface area contributed by atoms with Crippen molar-refractivity contribution in [1.82, 2.24) is 0 Å². The summed E-state index contributed by atoms with van der Waals surface area (Å²) in [6.07, 6.45) is -30.3. The molecule has 0 aromatic heterocycles. The van der Waals surface area contributed by atoms with E-state index >= 15 is 0 Å². The SMILES string of the molecule is C=CC(=O)OCC(F)(F)OC(F)(F)C(F)(F)OC(F)(F)OC(F)(F)COC(=O)CC. The minimum absolute atomic E-state index is 0.280. The van der Waals surface area contributed by atoms with Gasteiger partial charge in [-0.1, -0.05) is 13.5 Å². The quantitative estimate of drug-likeness (QED) is 0.176. The van der Waals surface area contributed by atoms with Gasteiger partial charge in [-0.3, -0.25) is 4.79 Å². The zero-order valence-electron chi connectivity index (χ0n) is 14.5. The van der Waals surface area contributed by atoms with E-state index in [1.54, 1.807) is 0 Å². The maximum atomic E-state index is 13.2. The third-order valence-electron chi connectivity index (χ3n) is 2.37. The average Bonchev–Trinajstić information content (AvgIpc) is 2.54. The van der Waals surface area contributed by atoms with Crippen molar-refractivity contribution in [3.8, 4) is 0 Å². The number of alkyl halides is 10. The van der Waals surface area contributed by atoms with Crippen molar-refractivity contribution < 1.29 is 77.2 Å². The minimum atomic E-state index is -6.68. The molecular formula is C13H12F10O7. The highest BCUT2D eigenvalue weighted by Gasteiger charge is 2.69. The molecule has 0 aliphatic carbocycles. The second kappa shape index (κ2) is 9.78. The maximum absolute atomic E-state index is 13.2. The average molecular weight is 470 g/mol. The van der Waals surface area contributed by atoms with E-state index in [2.05, 4.69) is 30.3 Å². The van der Waals surface area contributed by atoms with Gasteiger partial charge in [0.25, 0.3) is 0 Å². The Labute approximate surface area is 160 Å². The molecule has 0 bridgehead atoms. The van der Waals surface area contributed by atoms with E-state index in [1.165, 1.54) is 0 Å².